The standard InChI is InChI=1S/C27H28Cl3N3O4S/c1-3-31-27(35)25(15-19-7-5-4-6-8-19)32(17-20-9-11-21(28)12-10-20)26(34)18-33(38(2,36)37)24-14-13-22(29)16-23(24)30/h4-14,16,25H,3,15,17-18H2,1-2H3,(H,31,35). The van der Waals surface area contributed by atoms with Crippen LogP contribution < -0.4 is 9.62 Å². The minimum absolute atomic E-state index is 0.0522. The molecule has 0 saturated carbocycles. The van der Waals surface area contributed by atoms with E-state index in [1.54, 1.807) is 31.2 Å². The van der Waals surface area contributed by atoms with Crippen molar-refractivity contribution in [3.63, 3.8) is 0 Å². The summed E-state index contributed by atoms with van der Waals surface area (Å²) >= 11 is 18.3. The van der Waals surface area contributed by atoms with Crippen LogP contribution in [0.3, 0.4) is 0 Å². The number of carbonyl (C=O) groups excluding carboxylic acids is 2. The first-order chi connectivity index (χ1) is 18.0. The van der Waals surface area contributed by atoms with Crippen molar-refractivity contribution in [3.05, 3.63) is 99.0 Å². The Kier molecular flexibility index (Phi) is 10.4. The summed E-state index contributed by atoms with van der Waals surface area (Å²) in [6.45, 7) is 1.63. The van der Waals surface area contributed by atoms with Crippen molar-refractivity contribution < 1.29 is 18.0 Å². The summed E-state index contributed by atoms with van der Waals surface area (Å²) < 4.78 is 26.5. The molecule has 3 aromatic carbocycles. The molecule has 0 radical (unpaired) electrons. The first kappa shape index (κ1) is 29.8. The monoisotopic (exact) mass is 595 g/mol. The van der Waals surface area contributed by atoms with Gasteiger partial charge in [0.2, 0.25) is 21.8 Å². The molecule has 0 aliphatic carbocycles. The van der Waals surface area contributed by atoms with E-state index in [4.69, 9.17) is 34.8 Å². The fraction of sp³-hybridized carbons (Fsp3) is 0.259. The fourth-order valence-electron chi connectivity index (χ4n) is 3.91. The molecule has 1 unspecified atom stereocenters. The van der Waals surface area contributed by atoms with Gasteiger partial charge in [-0.25, -0.2) is 8.42 Å². The highest BCUT2D eigenvalue weighted by atomic mass is 35.5. The third-order valence-electron chi connectivity index (χ3n) is 5.75. The Morgan fingerprint density at radius 2 is 1.53 bits per heavy atom. The van der Waals surface area contributed by atoms with Gasteiger partial charge in [-0.2, -0.15) is 0 Å². The second-order valence-electron chi connectivity index (χ2n) is 8.61. The molecule has 2 amide bonds. The highest BCUT2D eigenvalue weighted by Crippen LogP contribution is 2.30. The number of nitrogens with one attached hydrogen (secondary N) is 1. The summed E-state index contributed by atoms with van der Waals surface area (Å²) in [6, 6.07) is 19.6. The molecule has 0 aliphatic rings. The molecule has 38 heavy (non-hydrogen) atoms. The number of hydrogen-bond donors (Lipinski definition) is 1. The molecule has 0 bridgehead atoms. The summed E-state index contributed by atoms with van der Waals surface area (Å²) in [5, 5.41) is 3.72. The van der Waals surface area contributed by atoms with E-state index in [0.717, 1.165) is 21.7 Å². The average Bonchev–Trinajstić information content (AvgIpc) is 2.86. The maximum atomic E-state index is 13.9. The van der Waals surface area contributed by atoms with Crippen LogP contribution in [-0.4, -0.2) is 50.5 Å². The number of carbonyl (C=O) groups is 2. The van der Waals surface area contributed by atoms with Crippen molar-refractivity contribution in [1.82, 2.24) is 10.2 Å². The normalized spacial score (nSPS) is 12.0. The molecule has 0 aliphatic heterocycles. The second kappa shape index (κ2) is 13.3. The van der Waals surface area contributed by atoms with Gasteiger partial charge < -0.3 is 10.2 Å². The van der Waals surface area contributed by atoms with Gasteiger partial charge in [-0.05, 0) is 48.4 Å². The molecular formula is C27H28Cl3N3O4S. The largest absolute Gasteiger partial charge is 0.355 e. The van der Waals surface area contributed by atoms with E-state index >= 15 is 0 Å². The summed E-state index contributed by atoms with van der Waals surface area (Å²) in [5.41, 5.74) is 1.68. The molecule has 1 N–H and O–H groups in total. The molecule has 0 saturated heterocycles. The Labute approximate surface area is 238 Å². The zero-order chi connectivity index (χ0) is 27.9. The number of rotatable bonds is 11. The minimum atomic E-state index is -3.94. The highest BCUT2D eigenvalue weighted by molar-refractivity contribution is 7.92. The average molecular weight is 597 g/mol. The molecule has 0 heterocycles. The lowest BCUT2D eigenvalue weighted by atomic mass is 10.0. The molecule has 11 heteroatoms. The van der Waals surface area contributed by atoms with Crippen molar-refractivity contribution in [2.75, 3.05) is 23.7 Å². The Morgan fingerprint density at radius 3 is 2.11 bits per heavy atom. The Balaban J connectivity index is 2.05. The molecule has 0 aromatic heterocycles. The zero-order valence-electron chi connectivity index (χ0n) is 20.9. The van der Waals surface area contributed by atoms with E-state index in [2.05, 4.69) is 5.32 Å². The lowest BCUT2D eigenvalue weighted by Crippen LogP contribution is -2.53. The SMILES string of the molecule is CCNC(=O)C(Cc1ccccc1)N(Cc1ccc(Cl)cc1)C(=O)CN(c1ccc(Cl)cc1Cl)S(C)(=O)=O. The maximum Gasteiger partial charge on any atom is 0.244 e. The third kappa shape index (κ3) is 8.11. The van der Waals surface area contributed by atoms with Crippen LogP contribution in [0.4, 0.5) is 5.69 Å². The van der Waals surface area contributed by atoms with E-state index in [0.29, 0.717) is 16.6 Å². The van der Waals surface area contributed by atoms with Gasteiger partial charge in [-0.1, -0.05) is 77.3 Å². The van der Waals surface area contributed by atoms with E-state index in [1.165, 1.54) is 23.1 Å². The van der Waals surface area contributed by atoms with Gasteiger partial charge in [-0.15, -0.1) is 0 Å². The molecule has 3 rings (SSSR count). The van der Waals surface area contributed by atoms with E-state index in [-0.39, 0.29) is 29.6 Å². The Bertz CT molecular complexity index is 1370. The summed E-state index contributed by atoms with van der Waals surface area (Å²) in [7, 11) is -3.94. The molecule has 7 nitrogen and oxygen atoms in total. The maximum absolute atomic E-state index is 13.9. The summed E-state index contributed by atoms with van der Waals surface area (Å²) in [5.74, 6) is -0.933. The van der Waals surface area contributed by atoms with E-state index in [1.807, 2.05) is 30.3 Å². The lowest BCUT2D eigenvalue weighted by molar-refractivity contribution is -0.140. The predicted octanol–water partition coefficient (Wildman–Crippen LogP) is 5.19. The van der Waals surface area contributed by atoms with E-state index in [9.17, 15) is 18.0 Å². The van der Waals surface area contributed by atoms with Crippen LogP contribution in [-0.2, 0) is 32.6 Å². The fourth-order valence-corrected chi connectivity index (χ4v) is 5.46. The number of nitrogens with zero attached hydrogens (tertiary/aromatic N) is 2. The van der Waals surface area contributed by atoms with Crippen molar-refractivity contribution in [2.45, 2.75) is 25.9 Å². The molecule has 202 valence electrons. The Hall–Kier alpha value is -2.78. The lowest BCUT2D eigenvalue weighted by Gasteiger charge is -2.33. The van der Waals surface area contributed by atoms with Gasteiger partial charge in [0.1, 0.15) is 12.6 Å². The van der Waals surface area contributed by atoms with Crippen LogP contribution in [0.2, 0.25) is 15.1 Å². The number of sulfonamides is 1. The van der Waals surface area contributed by atoms with E-state index < -0.39 is 28.5 Å². The predicted molar refractivity (Wildman–Crippen MR) is 153 cm³/mol. The summed E-state index contributed by atoms with van der Waals surface area (Å²) in [6.07, 6.45) is 1.21. The highest BCUT2D eigenvalue weighted by Gasteiger charge is 2.33. The molecular weight excluding hydrogens is 569 g/mol. The van der Waals surface area contributed by atoms with Gasteiger partial charge in [0.05, 0.1) is 17.0 Å². The van der Waals surface area contributed by atoms with Gasteiger partial charge in [0.25, 0.3) is 0 Å². The topological polar surface area (TPSA) is 86.8 Å². The van der Waals surface area contributed by atoms with Crippen LogP contribution in [0, 0.1) is 0 Å². The number of anilines is 1. The number of amides is 2. The van der Waals surface area contributed by atoms with Crippen LogP contribution in [0.25, 0.3) is 0 Å². The van der Waals surface area contributed by atoms with Crippen molar-refractivity contribution in [2.24, 2.45) is 0 Å². The smallest absolute Gasteiger partial charge is 0.244 e. The van der Waals surface area contributed by atoms with Crippen LogP contribution in [0.15, 0.2) is 72.8 Å². The molecule has 3 aromatic rings. The molecule has 0 spiro atoms. The van der Waals surface area contributed by atoms with Gasteiger partial charge >= 0.3 is 0 Å². The quantitative estimate of drug-likeness (QED) is 0.330. The van der Waals surface area contributed by atoms with Gasteiger partial charge in [-0.3, -0.25) is 13.9 Å². The van der Waals surface area contributed by atoms with Crippen molar-refractivity contribution in [1.29, 1.82) is 0 Å². The van der Waals surface area contributed by atoms with Crippen molar-refractivity contribution >= 4 is 62.3 Å². The first-order valence-electron chi connectivity index (χ1n) is 11.8. The third-order valence-corrected chi connectivity index (χ3v) is 7.66. The second-order valence-corrected chi connectivity index (χ2v) is 11.8. The summed E-state index contributed by atoms with van der Waals surface area (Å²) in [4.78, 5) is 28.6. The zero-order valence-corrected chi connectivity index (χ0v) is 24.0. The minimum Gasteiger partial charge on any atom is -0.355 e. The number of benzene rings is 3. The first-order valence-corrected chi connectivity index (χ1v) is 14.8. The number of likely N-dealkylation sites (N-methyl/N-ethyl adjacent to an activating group) is 1. The Morgan fingerprint density at radius 1 is 0.895 bits per heavy atom. The van der Waals surface area contributed by atoms with Gasteiger partial charge in [0.15, 0.2) is 0 Å². The van der Waals surface area contributed by atoms with Crippen LogP contribution in [0.5, 0.6) is 0 Å². The van der Waals surface area contributed by atoms with Crippen LogP contribution >= 0.6 is 34.8 Å². The van der Waals surface area contributed by atoms with Crippen LogP contribution in [0.1, 0.15) is 18.1 Å². The van der Waals surface area contributed by atoms with Crippen molar-refractivity contribution in [3.8, 4) is 0 Å². The number of hydrogen-bond acceptors (Lipinski definition) is 4. The number of halogens is 3. The molecule has 1 atom stereocenters. The molecule has 0 fully saturated rings. The van der Waals surface area contributed by atoms with Gasteiger partial charge in [0, 0.05) is 29.6 Å².